The van der Waals surface area contributed by atoms with E-state index < -0.39 is 88.8 Å². The molecule has 0 saturated heterocycles. The van der Waals surface area contributed by atoms with Gasteiger partial charge in [-0.15, -0.1) is 0 Å². The Bertz CT molecular complexity index is 1340. The molecule has 0 aliphatic rings. The summed E-state index contributed by atoms with van der Waals surface area (Å²) in [6, 6.07) is 0. The van der Waals surface area contributed by atoms with Gasteiger partial charge in [0.1, 0.15) is 11.4 Å². The third-order valence-electron chi connectivity index (χ3n) is 4.29. The van der Waals surface area contributed by atoms with Crippen LogP contribution in [0.15, 0.2) is 9.59 Å². The largest absolute Gasteiger partial charge is 0.460 e. The molecule has 1 aromatic rings. The van der Waals surface area contributed by atoms with Crippen molar-refractivity contribution in [3.05, 3.63) is 20.4 Å². The molecule has 0 heterocycles. The van der Waals surface area contributed by atoms with Crippen molar-refractivity contribution in [1.29, 1.82) is 0 Å². The van der Waals surface area contributed by atoms with Crippen LogP contribution in [0.3, 0.4) is 0 Å². The van der Waals surface area contributed by atoms with Gasteiger partial charge in [0.2, 0.25) is 0 Å². The second-order valence-corrected chi connectivity index (χ2v) is 10.4. The van der Waals surface area contributed by atoms with Gasteiger partial charge in [-0.25, -0.2) is 0 Å². The van der Waals surface area contributed by atoms with Crippen LogP contribution in [-0.4, -0.2) is 63.4 Å². The van der Waals surface area contributed by atoms with E-state index in [0.717, 1.165) is 0 Å². The molecule has 0 unspecified atom stereocenters. The van der Waals surface area contributed by atoms with Crippen LogP contribution in [0, 0.1) is 0 Å². The molecule has 2 N–H and O–H groups in total. The lowest BCUT2D eigenvalue weighted by Gasteiger charge is -2.34. The normalized spacial score (nSPS) is 15.8. The molecule has 0 spiro atoms. The highest BCUT2D eigenvalue weighted by Gasteiger charge is 2.86. The van der Waals surface area contributed by atoms with Crippen molar-refractivity contribution < 1.29 is 95.9 Å². The van der Waals surface area contributed by atoms with E-state index in [1.54, 1.807) is 0 Å². The van der Waals surface area contributed by atoms with E-state index in [1.165, 1.54) is 0 Å². The molecule has 0 fully saturated rings. The minimum Gasteiger partial charge on any atom is -0.283 e. The molecule has 0 atom stereocenters. The van der Waals surface area contributed by atoms with Gasteiger partial charge in [0.15, 0.2) is 0 Å². The average Bonchev–Trinajstić information content (AvgIpc) is 2.73. The summed E-state index contributed by atoms with van der Waals surface area (Å²) in [4.78, 5) is 22.5. The Labute approximate surface area is 204 Å². The third-order valence-corrected chi connectivity index (χ3v) is 7.10. The van der Waals surface area contributed by atoms with E-state index in [2.05, 4.69) is 0 Å². The Kier molecular flexibility index (Phi) is 7.87. The summed E-state index contributed by atoms with van der Waals surface area (Å²) in [6.45, 7) is 0. The number of anilines is 2. The van der Waals surface area contributed by atoms with Crippen molar-refractivity contribution in [2.24, 2.45) is 0 Å². The van der Waals surface area contributed by atoms with Crippen LogP contribution in [0.2, 0.25) is 0 Å². The van der Waals surface area contributed by atoms with Gasteiger partial charge in [0.25, 0.3) is 10.9 Å². The van der Waals surface area contributed by atoms with E-state index in [4.69, 9.17) is 0 Å². The molecule has 0 aromatic heterocycles. The highest BCUT2D eigenvalue weighted by molar-refractivity contribution is 7.94. The topological polar surface area (TPSA) is 126 Å². The van der Waals surface area contributed by atoms with Crippen molar-refractivity contribution in [1.82, 2.24) is 0 Å². The summed E-state index contributed by atoms with van der Waals surface area (Å²) in [5.74, 6) is -31.9. The molecular formula is C12H2F18N2O6S2. The number of sulfonamides is 2. The number of alkyl halides is 18. The zero-order valence-corrected chi connectivity index (χ0v) is 18.7. The molecule has 1 aromatic carbocycles. The Hall–Kier alpha value is -2.68. The van der Waals surface area contributed by atoms with Crippen LogP contribution in [0.25, 0.3) is 0 Å². The Morgan fingerprint density at radius 3 is 0.775 bits per heavy atom. The summed E-state index contributed by atoms with van der Waals surface area (Å²) >= 11 is 0. The molecule has 0 saturated carbocycles. The zero-order chi connectivity index (χ0) is 32.7. The maximum atomic E-state index is 13.7. The first-order valence-corrected chi connectivity index (χ1v) is 11.3. The van der Waals surface area contributed by atoms with E-state index in [1.807, 2.05) is 0 Å². The van der Waals surface area contributed by atoms with Crippen LogP contribution >= 0.6 is 0 Å². The second kappa shape index (κ2) is 8.91. The summed E-state index contributed by atoms with van der Waals surface area (Å²) in [5, 5.41) is -15.4. The van der Waals surface area contributed by atoms with Gasteiger partial charge in [0, 0.05) is 0 Å². The SMILES string of the molecule is O=c1c(NS(=O)(=O)C(F)(F)C(F)(F)C(F)(F)C(F)(F)F)c(NS(=O)(=O)C(F)(F)C(F)(F)C(F)(F)C(F)(F)F)c1=O. The molecule has 0 aliphatic carbocycles. The lowest BCUT2D eigenvalue weighted by molar-refractivity contribution is -0.382. The van der Waals surface area contributed by atoms with Crippen LogP contribution in [-0.2, 0) is 20.0 Å². The monoisotopic (exact) mass is 676 g/mol. The first kappa shape index (κ1) is 35.3. The van der Waals surface area contributed by atoms with Crippen LogP contribution in [0.5, 0.6) is 0 Å². The summed E-state index contributed by atoms with van der Waals surface area (Å²) in [6.07, 6.45) is -15.3. The van der Waals surface area contributed by atoms with E-state index in [9.17, 15) is 105 Å². The average molecular weight is 676 g/mol. The first-order valence-electron chi connectivity index (χ1n) is 8.29. The summed E-state index contributed by atoms with van der Waals surface area (Å²) in [5.41, 5.74) is -11.4. The number of nitrogens with one attached hydrogen (secondary N) is 2. The number of hydrogen-bond donors (Lipinski definition) is 2. The molecule has 0 aliphatic heterocycles. The van der Waals surface area contributed by atoms with Gasteiger partial charge in [-0.3, -0.25) is 19.0 Å². The highest BCUT2D eigenvalue weighted by atomic mass is 32.2. The smallest absolute Gasteiger partial charge is 0.283 e. The lowest BCUT2D eigenvalue weighted by Crippen LogP contribution is -2.64. The Balaban J connectivity index is 3.64. The van der Waals surface area contributed by atoms with Gasteiger partial charge in [-0.05, 0) is 0 Å². The van der Waals surface area contributed by atoms with Gasteiger partial charge in [-0.2, -0.15) is 95.9 Å². The Morgan fingerprint density at radius 2 is 0.600 bits per heavy atom. The third kappa shape index (κ3) is 4.58. The van der Waals surface area contributed by atoms with Crippen LogP contribution < -0.4 is 20.3 Å². The maximum Gasteiger partial charge on any atom is 0.460 e. The zero-order valence-electron chi connectivity index (χ0n) is 17.1. The minimum absolute atomic E-state index is 0.377. The van der Waals surface area contributed by atoms with Crippen molar-refractivity contribution in [2.45, 2.75) is 46.6 Å². The van der Waals surface area contributed by atoms with Crippen molar-refractivity contribution >= 4 is 31.4 Å². The van der Waals surface area contributed by atoms with E-state index in [-0.39, 0.29) is 9.44 Å². The molecule has 8 nitrogen and oxygen atoms in total. The minimum atomic E-state index is -8.03. The summed E-state index contributed by atoms with van der Waals surface area (Å²) in [7, 11) is -15.9. The van der Waals surface area contributed by atoms with Crippen molar-refractivity contribution in [3.63, 3.8) is 0 Å². The molecular weight excluding hydrogens is 674 g/mol. The molecule has 0 bridgehead atoms. The lowest BCUT2D eigenvalue weighted by atomic mass is 10.1. The van der Waals surface area contributed by atoms with Gasteiger partial charge in [0.05, 0.1) is 0 Å². The fourth-order valence-corrected chi connectivity index (χ4v) is 4.16. The quantitative estimate of drug-likeness (QED) is 0.288. The predicted octanol–water partition coefficient (Wildman–Crippen LogP) is 3.62. The van der Waals surface area contributed by atoms with Crippen LogP contribution in [0.4, 0.5) is 90.4 Å². The number of hydrogen-bond acceptors (Lipinski definition) is 6. The molecule has 28 heteroatoms. The van der Waals surface area contributed by atoms with E-state index in [0.29, 0.717) is 0 Å². The summed E-state index contributed by atoms with van der Waals surface area (Å²) < 4.78 is 277. The van der Waals surface area contributed by atoms with Crippen molar-refractivity contribution in [2.75, 3.05) is 9.44 Å². The van der Waals surface area contributed by atoms with E-state index >= 15 is 0 Å². The molecule has 1 rings (SSSR count). The maximum absolute atomic E-state index is 13.7. The first-order chi connectivity index (χ1) is 17.0. The second-order valence-electron chi connectivity index (χ2n) is 6.95. The molecule has 234 valence electrons. The predicted molar refractivity (Wildman–Crippen MR) is 88.2 cm³/mol. The van der Waals surface area contributed by atoms with Crippen LogP contribution in [0.1, 0.15) is 0 Å². The fraction of sp³-hybridized carbons (Fsp3) is 0.667. The fourth-order valence-electron chi connectivity index (χ4n) is 2.04. The number of rotatable bonds is 10. The molecule has 0 amide bonds. The van der Waals surface area contributed by atoms with Gasteiger partial charge < -0.3 is 0 Å². The van der Waals surface area contributed by atoms with Gasteiger partial charge in [-0.1, -0.05) is 0 Å². The standard InChI is InChI=1S/C12H2F18N2O6S2/c13-5(14,9(21,22)23)7(17,18)11(27,28)39(35,36)31-1-2(4(34)3(1)33)32-40(37,38)12(29,30)8(19,20)6(15,16)10(24,25)26/h31-32H. The Morgan fingerprint density at radius 1 is 0.400 bits per heavy atom. The molecule has 0 radical (unpaired) electrons. The van der Waals surface area contributed by atoms with Crippen molar-refractivity contribution in [3.8, 4) is 0 Å². The number of halogens is 18. The molecule has 40 heavy (non-hydrogen) atoms. The highest BCUT2D eigenvalue weighted by Crippen LogP contribution is 2.56. The van der Waals surface area contributed by atoms with Gasteiger partial charge >= 0.3 is 66.6 Å².